The van der Waals surface area contributed by atoms with Gasteiger partial charge in [-0.05, 0) is 12.1 Å². The van der Waals surface area contributed by atoms with Gasteiger partial charge in [-0.2, -0.15) is 0 Å². The van der Waals surface area contributed by atoms with Crippen molar-refractivity contribution >= 4 is 23.2 Å². The zero-order valence-corrected chi connectivity index (χ0v) is 9.03. The second-order valence-corrected chi connectivity index (χ2v) is 3.48. The smallest absolute Gasteiger partial charge is 0.194 e. The monoisotopic (exact) mass is 240 g/mol. The predicted molar refractivity (Wildman–Crippen MR) is 58.6 cm³/mol. The van der Waals surface area contributed by atoms with Crippen molar-refractivity contribution in [1.82, 2.24) is 10.2 Å². The van der Waals surface area contributed by atoms with Gasteiger partial charge in [0.2, 0.25) is 0 Å². The molecule has 0 bridgehead atoms. The van der Waals surface area contributed by atoms with Gasteiger partial charge in [0.15, 0.2) is 16.1 Å². The first-order chi connectivity index (χ1) is 7.25. The molecule has 0 aliphatic heterocycles. The highest BCUT2D eigenvalue weighted by atomic mass is 35.5. The van der Waals surface area contributed by atoms with Gasteiger partial charge < -0.3 is 4.74 Å². The first-order valence-electron chi connectivity index (χ1n) is 4.17. The molecule has 0 N–H and O–H groups in total. The molecule has 0 amide bonds. The summed E-state index contributed by atoms with van der Waals surface area (Å²) in [4.78, 5) is 0. The van der Waals surface area contributed by atoms with Crippen molar-refractivity contribution in [2.75, 3.05) is 0 Å². The van der Waals surface area contributed by atoms with E-state index in [4.69, 9.17) is 27.9 Å². The molecule has 0 fully saturated rings. The molecule has 0 spiro atoms. The fourth-order valence-corrected chi connectivity index (χ4v) is 1.29. The Morgan fingerprint density at radius 2 is 1.73 bits per heavy atom. The molecule has 1 aromatic carbocycles. The lowest BCUT2D eigenvalue weighted by molar-refractivity contribution is 0.479. The van der Waals surface area contributed by atoms with Crippen LogP contribution in [0.1, 0.15) is 0 Å². The van der Waals surface area contributed by atoms with Crippen LogP contribution in [0.25, 0.3) is 0 Å². The summed E-state index contributed by atoms with van der Waals surface area (Å²) in [6.07, 6.45) is 0. The second-order valence-electron chi connectivity index (χ2n) is 2.74. The van der Waals surface area contributed by atoms with Crippen LogP contribution in [0.5, 0.6) is 11.5 Å². The van der Waals surface area contributed by atoms with Crippen LogP contribution in [0.3, 0.4) is 0 Å². The van der Waals surface area contributed by atoms with Gasteiger partial charge in [-0.1, -0.05) is 41.4 Å². The Morgan fingerprint density at radius 1 is 1.00 bits per heavy atom. The molecule has 0 saturated carbocycles. The highest BCUT2D eigenvalue weighted by Crippen LogP contribution is 2.28. The van der Waals surface area contributed by atoms with E-state index in [1.807, 2.05) is 30.3 Å². The van der Waals surface area contributed by atoms with Gasteiger partial charge in [-0.25, -0.2) is 0 Å². The van der Waals surface area contributed by atoms with Crippen LogP contribution >= 0.6 is 23.2 Å². The van der Waals surface area contributed by atoms with E-state index in [1.54, 1.807) is 0 Å². The number of hydrogen-bond acceptors (Lipinski definition) is 3. The van der Waals surface area contributed by atoms with Crippen molar-refractivity contribution in [3.63, 3.8) is 0 Å². The van der Waals surface area contributed by atoms with Gasteiger partial charge in [-0.3, -0.25) is 0 Å². The summed E-state index contributed by atoms with van der Waals surface area (Å²) in [5, 5.41) is 7.64. The molecule has 0 atom stereocenters. The molecule has 1 heterocycles. The number of aromatic nitrogens is 2. The Balaban J connectivity index is 2.28. The number of benzene rings is 1. The van der Waals surface area contributed by atoms with E-state index in [9.17, 15) is 0 Å². The Bertz CT molecular complexity index is 462. The third-order valence-electron chi connectivity index (χ3n) is 1.66. The Morgan fingerprint density at radius 3 is 2.47 bits per heavy atom. The van der Waals surface area contributed by atoms with Crippen LogP contribution in [0.15, 0.2) is 36.4 Å². The topological polar surface area (TPSA) is 35.0 Å². The van der Waals surface area contributed by atoms with Crippen LogP contribution in [0.4, 0.5) is 0 Å². The van der Waals surface area contributed by atoms with E-state index in [-0.39, 0.29) is 10.3 Å². The van der Waals surface area contributed by atoms with Gasteiger partial charge >= 0.3 is 0 Å². The Hall–Kier alpha value is -1.32. The van der Waals surface area contributed by atoms with Crippen LogP contribution in [-0.4, -0.2) is 10.2 Å². The van der Waals surface area contributed by atoms with E-state index in [0.29, 0.717) is 11.5 Å². The first-order valence-corrected chi connectivity index (χ1v) is 4.93. The molecule has 0 aliphatic rings. The minimum Gasteiger partial charge on any atom is -0.454 e. The second kappa shape index (κ2) is 4.47. The van der Waals surface area contributed by atoms with Crippen LogP contribution in [0, 0.1) is 0 Å². The molecule has 2 rings (SSSR count). The van der Waals surface area contributed by atoms with Crippen molar-refractivity contribution in [3.05, 3.63) is 46.7 Å². The van der Waals surface area contributed by atoms with E-state index >= 15 is 0 Å². The van der Waals surface area contributed by atoms with Crippen molar-refractivity contribution < 1.29 is 4.74 Å². The van der Waals surface area contributed by atoms with Gasteiger partial charge in [0.25, 0.3) is 0 Å². The molecular weight excluding hydrogens is 235 g/mol. The highest BCUT2D eigenvalue weighted by molar-refractivity contribution is 6.32. The van der Waals surface area contributed by atoms with Crippen LogP contribution < -0.4 is 4.74 Å². The normalized spacial score (nSPS) is 10.0. The number of para-hydroxylation sites is 1. The molecule has 5 heteroatoms. The molecule has 1 aromatic heterocycles. The quantitative estimate of drug-likeness (QED) is 0.805. The molecule has 0 aliphatic carbocycles. The number of ether oxygens (including phenoxy) is 1. The predicted octanol–water partition coefficient (Wildman–Crippen LogP) is 3.58. The molecular formula is C10H6Cl2N2O. The third kappa shape index (κ3) is 2.58. The Kier molecular flexibility index (Phi) is 3.04. The molecule has 3 nitrogen and oxygen atoms in total. The molecule has 0 unspecified atom stereocenters. The summed E-state index contributed by atoms with van der Waals surface area (Å²) >= 11 is 11.5. The van der Waals surface area contributed by atoms with Crippen LogP contribution in [0.2, 0.25) is 10.3 Å². The summed E-state index contributed by atoms with van der Waals surface area (Å²) in [6, 6.07) is 10.8. The van der Waals surface area contributed by atoms with Gasteiger partial charge in [-0.15, -0.1) is 10.2 Å². The van der Waals surface area contributed by atoms with E-state index < -0.39 is 0 Å². The van der Waals surface area contributed by atoms with E-state index in [0.717, 1.165) is 0 Å². The maximum absolute atomic E-state index is 5.79. The first kappa shape index (κ1) is 10.2. The molecule has 0 radical (unpaired) electrons. The summed E-state index contributed by atoms with van der Waals surface area (Å²) < 4.78 is 5.47. The number of halogens is 2. The molecule has 2 aromatic rings. The zero-order chi connectivity index (χ0) is 10.7. The Labute approximate surface area is 96.6 Å². The van der Waals surface area contributed by atoms with Gasteiger partial charge in [0, 0.05) is 6.07 Å². The fourth-order valence-electron chi connectivity index (χ4n) is 1.02. The number of hydrogen-bond donors (Lipinski definition) is 0. The lowest BCUT2D eigenvalue weighted by atomic mass is 10.3. The zero-order valence-electron chi connectivity index (χ0n) is 7.52. The van der Waals surface area contributed by atoms with Gasteiger partial charge in [0.1, 0.15) is 5.75 Å². The fraction of sp³-hybridized carbons (Fsp3) is 0. The highest BCUT2D eigenvalue weighted by Gasteiger charge is 2.06. The van der Waals surface area contributed by atoms with Gasteiger partial charge in [0.05, 0.1) is 0 Å². The lowest BCUT2D eigenvalue weighted by Crippen LogP contribution is -1.89. The van der Waals surface area contributed by atoms with E-state index in [1.165, 1.54) is 6.07 Å². The maximum atomic E-state index is 5.79. The number of nitrogens with zero attached hydrogens (tertiary/aromatic N) is 2. The average Bonchev–Trinajstić information content (AvgIpc) is 2.25. The summed E-state index contributed by atoms with van der Waals surface area (Å²) in [6.45, 7) is 0. The molecule has 76 valence electrons. The number of rotatable bonds is 2. The maximum Gasteiger partial charge on any atom is 0.194 e. The third-order valence-corrected chi connectivity index (χ3v) is 2.10. The van der Waals surface area contributed by atoms with Crippen molar-refractivity contribution in [1.29, 1.82) is 0 Å². The van der Waals surface area contributed by atoms with Crippen LogP contribution in [-0.2, 0) is 0 Å². The molecule has 15 heavy (non-hydrogen) atoms. The SMILES string of the molecule is Clc1cc(Oc2ccccc2)c(Cl)nn1. The minimum absolute atomic E-state index is 0.184. The standard InChI is InChI=1S/C10H6Cl2N2O/c11-9-6-8(10(12)14-13-9)15-7-4-2-1-3-5-7/h1-6H. The molecule has 0 saturated heterocycles. The average molecular weight is 241 g/mol. The van der Waals surface area contributed by atoms with Crippen molar-refractivity contribution in [2.24, 2.45) is 0 Å². The summed E-state index contributed by atoms with van der Waals surface area (Å²) in [5.74, 6) is 1.06. The summed E-state index contributed by atoms with van der Waals surface area (Å²) in [7, 11) is 0. The lowest BCUT2D eigenvalue weighted by Gasteiger charge is -2.05. The summed E-state index contributed by atoms with van der Waals surface area (Å²) in [5.41, 5.74) is 0. The van der Waals surface area contributed by atoms with Crippen molar-refractivity contribution in [3.8, 4) is 11.5 Å². The van der Waals surface area contributed by atoms with E-state index in [2.05, 4.69) is 10.2 Å². The minimum atomic E-state index is 0.184. The largest absolute Gasteiger partial charge is 0.454 e. The van der Waals surface area contributed by atoms with Crippen molar-refractivity contribution in [2.45, 2.75) is 0 Å².